The second kappa shape index (κ2) is 9.12. The van der Waals surface area contributed by atoms with Crippen molar-refractivity contribution in [2.75, 3.05) is 30.3 Å². The summed E-state index contributed by atoms with van der Waals surface area (Å²) in [6.45, 7) is 7.58. The molecule has 142 valence electrons. The Bertz CT molecular complexity index is 693. The Morgan fingerprint density at radius 2 is 2.19 bits per heavy atom. The fourth-order valence-corrected chi connectivity index (χ4v) is 3.74. The van der Waals surface area contributed by atoms with Crippen LogP contribution in [0.25, 0.3) is 0 Å². The highest BCUT2D eigenvalue weighted by Crippen LogP contribution is 2.27. The van der Waals surface area contributed by atoms with E-state index < -0.39 is 0 Å². The van der Waals surface area contributed by atoms with Gasteiger partial charge in [0.2, 0.25) is 11.9 Å². The summed E-state index contributed by atoms with van der Waals surface area (Å²) in [4.78, 5) is 14.2. The van der Waals surface area contributed by atoms with E-state index in [1.165, 1.54) is 11.8 Å². The maximum Gasteiger partial charge on any atom is 0.230 e. The number of piperidine rings is 1. The molecule has 1 aliphatic rings. The van der Waals surface area contributed by atoms with Crippen LogP contribution in [0.3, 0.4) is 0 Å². The van der Waals surface area contributed by atoms with Crippen molar-refractivity contribution < 1.29 is 9.21 Å². The topological polar surface area (TPSA) is 76.2 Å². The molecule has 0 aliphatic carbocycles. The highest BCUT2D eigenvalue weighted by atomic mass is 32.2. The third-order valence-corrected chi connectivity index (χ3v) is 5.53. The molecule has 2 aromatic heterocycles. The van der Waals surface area contributed by atoms with Gasteiger partial charge in [0.15, 0.2) is 5.16 Å². The van der Waals surface area contributed by atoms with E-state index in [4.69, 9.17) is 4.42 Å². The highest BCUT2D eigenvalue weighted by Gasteiger charge is 2.23. The first-order valence-electron chi connectivity index (χ1n) is 9.27. The van der Waals surface area contributed by atoms with Crippen molar-refractivity contribution in [3.8, 4) is 0 Å². The zero-order valence-corrected chi connectivity index (χ0v) is 16.3. The number of carbonyl (C=O) groups excluding carboxylic acids is 1. The molecule has 0 unspecified atom stereocenters. The minimum atomic E-state index is 0.0257. The van der Waals surface area contributed by atoms with E-state index in [2.05, 4.69) is 31.9 Å². The Hall–Kier alpha value is -1.96. The molecule has 0 spiro atoms. The van der Waals surface area contributed by atoms with E-state index in [-0.39, 0.29) is 5.91 Å². The largest absolute Gasteiger partial charge is 0.467 e. The second-order valence-electron chi connectivity index (χ2n) is 6.76. The van der Waals surface area contributed by atoms with Crippen LogP contribution in [-0.2, 0) is 11.3 Å². The molecule has 8 heteroatoms. The van der Waals surface area contributed by atoms with Gasteiger partial charge >= 0.3 is 0 Å². The van der Waals surface area contributed by atoms with E-state index in [1.54, 1.807) is 6.26 Å². The first-order chi connectivity index (χ1) is 12.7. The number of thioether (sulfide) groups is 1. The fourth-order valence-electron chi connectivity index (χ4n) is 2.97. The maximum atomic E-state index is 11.9. The quantitative estimate of drug-likeness (QED) is 0.713. The Kier molecular flexibility index (Phi) is 6.60. The maximum absolute atomic E-state index is 11.9. The van der Waals surface area contributed by atoms with Crippen LogP contribution < -0.4 is 10.2 Å². The van der Waals surface area contributed by atoms with E-state index >= 15 is 0 Å². The van der Waals surface area contributed by atoms with Gasteiger partial charge in [0.1, 0.15) is 5.76 Å². The number of nitrogens with zero attached hydrogens (tertiary/aromatic N) is 4. The number of carbonyl (C=O) groups is 1. The number of aromatic nitrogens is 3. The third-order valence-electron chi connectivity index (χ3n) is 4.56. The summed E-state index contributed by atoms with van der Waals surface area (Å²) in [5, 5.41) is 12.4. The number of anilines is 1. The van der Waals surface area contributed by atoms with Crippen molar-refractivity contribution in [3.05, 3.63) is 24.2 Å². The predicted molar refractivity (Wildman–Crippen MR) is 102 cm³/mol. The van der Waals surface area contributed by atoms with E-state index in [0.29, 0.717) is 18.8 Å². The zero-order valence-electron chi connectivity index (χ0n) is 15.5. The van der Waals surface area contributed by atoms with Crippen molar-refractivity contribution >= 4 is 23.6 Å². The Labute approximate surface area is 158 Å². The Morgan fingerprint density at radius 1 is 1.38 bits per heavy atom. The van der Waals surface area contributed by atoms with Crippen molar-refractivity contribution in [1.82, 2.24) is 20.1 Å². The molecule has 7 nitrogen and oxygen atoms in total. The summed E-state index contributed by atoms with van der Waals surface area (Å²) in [5.74, 6) is 2.84. The molecule has 0 saturated carbocycles. The number of hydrogen-bond donors (Lipinski definition) is 1. The van der Waals surface area contributed by atoms with Crippen LogP contribution in [0.2, 0.25) is 0 Å². The fraction of sp³-hybridized carbons (Fsp3) is 0.611. The normalized spacial score (nSPS) is 15.4. The van der Waals surface area contributed by atoms with Crippen LogP contribution in [0, 0.1) is 5.92 Å². The van der Waals surface area contributed by atoms with Crippen LogP contribution in [-0.4, -0.2) is 46.1 Å². The summed E-state index contributed by atoms with van der Waals surface area (Å²) in [6, 6.07) is 3.83. The summed E-state index contributed by atoms with van der Waals surface area (Å²) in [7, 11) is 0. The molecule has 1 N–H and O–H groups in total. The minimum Gasteiger partial charge on any atom is -0.467 e. The monoisotopic (exact) mass is 377 g/mol. The molecule has 3 heterocycles. The SMILES string of the molecule is CCCNC(=O)CSc1nnc(N2CCC(C)CC2)n1Cc1ccco1. The molecule has 1 saturated heterocycles. The van der Waals surface area contributed by atoms with Crippen LogP contribution in [0.4, 0.5) is 5.95 Å². The Balaban J connectivity index is 1.74. The van der Waals surface area contributed by atoms with E-state index in [9.17, 15) is 4.79 Å². The summed E-state index contributed by atoms with van der Waals surface area (Å²) >= 11 is 1.42. The van der Waals surface area contributed by atoms with Crippen LogP contribution in [0.15, 0.2) is 28.0 Å². The molecule has 3 rings (SSSR count). The van der Waals surface area contributed by atoms with Crippen molar-refractivity contribution in [1.29, 1.82) is 0 Å². The Morgan fingerprint density at radius 3 is 2.88 bits per heavy atom. The van der Waals surface area contributed by atoms with E-state index in [0.717, 1.165) is 55.1 Å². The molecule has 26 heavy (non-hydrogen) atoms. The average Bonchev–Trinajstić information content (AvgIpc) is 3.29. The smallest absolute Gasteiger partial charge is 0.230 e. The molecular formula is C18H27N5O2S. The molecule has 0 radical (unpaired) electrons. The van der Waals surface area contributed by atoms with Gasteiger partial charge in [-0.1, -0.05) is 25.6 Å². The molecule has 0 bridgehead atoms. The molecule has 0 aromatic carbocycles. The van der Waals surface area contributed by atoms with Gasteiger partial charge in [0, 0.05) is 19.6 Å². The molecular weight excluding hydrogens is 350 g/mol. The molecule has 1 aliphatic heterocycles. The van der Waals surface area contributed by atoms with Gasteiger partial charge < -0.3 is 14.6 Å². The number of rotatable bonds is 8. The van der Waals surface area contributed by atoms with Gasteiger partial charge in [-0.15, -0.1) is 10.2 Å². The van der Waals surface area contributed by atoms with Crippen molar-refractivity contribution in [2.45, 2.75) is 44.8 Å². The zero-order chi connectivity index (χ0) is 18.4. The van der Waals surface area contributed by atoms with Gasteiger partial charge in [0.25, 0.3) is 0 Å². The van der Waals surface area contributed by atoms with Gasteiger partial charge in [-0.3, -0.25) is 9.36 Å². The lowest BCUT2D eigenvalue weighted by Crippen LogP contribution is -2.35. The minimum absolute atomic E-state index is 0.0257. The molecule has 0 atom stereocenters. The standard InChI is InChI=1S/C18H27N5O2S/c1-3-8-19-16(24)13-26-18-21-20-17(22-9-6-14(2)7-10-22)23(18)12-15-5-4-11-25-15/h4-5,11,14H,3,6-10,12-13H2,1-2H3,(H,19,24). The van der Waals surface area contributed by atoms with Gasteiger partial charge in [0.05, 0.1) is 18.6 Å². The lowest BCUT2D eigenvalue weighted by Gasteiger charge is -2.31. The number of nitrogens with one attached hydrogen (secondary N) is 1. The summed E-state index contributed by atoms with van der Waals surface area (Å²) < 4.78 is 7.58. The van der Waals surface area contributed by atoms with Gasteiger partial charge in [-0.25, -0.2) is 0 Å². The van der Waals surface area contributed by atoms with Crippen LogP contribution >= 0.6 is 11.8 Å². The lowest BCUT2D eigenvalue weighted by atomic mass is 10.00. The van der Waals surface area contributed by atoms with Gasteiger partial charge in [-0.2, -0.15) is 0 Å². The highest BCUT2D eigenvalue weighted by molar-refractivity contribution is 7.99. The van der Waals surface area contributed by atoms with Crippen molar-refractivity contribution in [3.63, 3.8) is 0 Å². The lowest BCUT2D eigenvalue weighted by molar-refractivity contribution is -0.118. The predicted octanol–water partition coefficient (Wildman–Crippen LogP) is 2.77. The van der Waals surface area contributed by atoms with Crippen LogP contribution in [0.5, 0.6) is 0 Å². The first kappa shape index (κ1) is 18.8. The number of furan rings is 1. The molecule has 2 aromatic rings. The van der Waals surface area contributed by atoms with Crippen molar-refractivity contribution in [2.24, 2.45) is 5.92 Å². The second-order valence-corrected chi connectivity index (χ2v) is 7.70. The van der Waals surface area contributed by atoms with Gasteiger partial charge in [-0.05, 0) is 37.3 Å². The summed E-state index contributed by atoms with van der Waals surface area (Å²) in [6.07, 6.45) is 4.93. The molecule has 1 amide bonds. The number of amides is 1. The summed E-state index contributed by atoms with van der Waals surface area (Å²) in [5.41, 5.74) is 0. The molecule has 1 fully saturated rings. The van der Waals surface area contributed by atoms with E-state index in [1.807, 2.05) is 19.1 Å². The third kappa shape index (κ3) is 4.81. The number of hydrogen-bond acceptors (Lipinski definition) is 6. The van der Waals surface area contributed by atoms with Crippen LogP contribution in [0.1, 0.15) is 38.9 Å². The average molecular weight is 378 g/mol. The first-order valence-corrected chi connectivity index (χ1v) is 10.3.